The molecule has 122 valence electrons. The van der Waals surface area contributed by atoms with Crippen molar-refractivity contribution < 1.29 is 9.59 Å². The first-order valence-corrected chi connectivity index (χ1v) is 8.06. The van der Waals surface area contributed by atoms with Crippen LogP contribution in [0.25, 0.3) is 0 Å². The van der Waals surface area contributed by atoms with Gasteiger partial charge in [-0.2, -0.15) is 0 Å². The van der Waals surface area contributed by atoms with E-state index in [-0.39, 0.29) is 23.3 Å². The van der Waals surface area contributed by atoms with E-state index in [1.54, 1.807) is 24.3 Å². The SMILES string of the molecule is CCC(CC)C(=O)Nc1ccc(C(=O)NC(C)(C)CC)cc1. The van der Waals surface area contributed by atoms with Crippen LogP contribution in [-0.4, -0.2) is 17.4 Å². The van der Waals surface area contributed by atoms with Crippen LogP contribution in [-0.2, 0) is 4.79 Å². The Morgan fingerprint density at radius 2 is 1.59 bits per heavy atom. The van der Waals surface area contributed by atoms with Gasteiger partial charge in [-0.25, -0.2) is 0 Å². The molecule has 0 fully saturated rings. The van der Waals surface area contributed by atoms with E-state index in [1.807, 2.05) is 34.6 Å². The number of nitrogens with one attached hydrogen (secondary N) is 2. The summed E-state index contributed by atoms with van der Waals surface area (Å²) in [7, 11) is 0. The molecule has 0 aliphatic heterocycles. The standard InChI is InChI=1S/C18H28N2O2/c1-6-13(7-2)16(21)19-15-11-9-14(10-12-15)17(22)20-18(4,5)8-3/h9-13H,6-8H2,1-5H3,(H,19,21)(H,20,22). The Morgan fingerprint density at radius 3 is 2.05 bits per heavy atom. The third-order valence-corrected chi connectivity index (χ3v) is 4.11. The average Bonchev–Trinajstić information content (AvgIpc) is 2.48. The van der Waals surface area contributed by atoms with E-state index in [0.29, 0.717) is 5.56 Å². The Balaban J connectivity index is 2.71. The quantitative estimate of drug-likeness (QED) is 0.800. The van der Waals surface area contributed by atoms with Gasteiger partial charge in [0.25, 0.3) is 5.91 Å². The zero-order valence-corrected chi connectivity index (χ0v) is 14.3. The molecule has 0 aliphatic carbocycles. The van der Waals surface area contributed by atoms with Crippen LogP contribution in [0.1, 0.15) is 64.2 Å². The Hall–Kier alpha value is -1.84. The number of carbonyl (C=O) groups is 2. The van der Waals surface area contributed by atoms with Crippen LogP contribution in [0, 0.1) is 5.92 Å². The van der Waals surface area contributed by atoms with E-state index in [4.69, 9.17) is 0 Å². The first-order valence-electron chi connectivity index (χ1n) is 8.06. The van der Waals surface area contributed by atoms with Gasteiger partial charge in [-0.1, -0.05) is 20.8 Å². The van der Waals surface area contributed by atoms with E-state index in [1.165, 1.54) is 0 Å². The third-order valence-electron chi connectivity index (χ3n) is 4.11. The number of amides is 2. The highest BCUT2D eigenvalue weighted by atomic mass is 16.2. The summed E-state index contributed by atoms with van der Waals surface area (Å²) in [5.41, 5.74) is 1.10. The first-order chi connectivity index (χ1) is 10.3. The topological polar surface area (TPSA) is 58.2 Å². The van der Waals surface area contributed by atoms with Crippen molar-refractivity contribution in [2.24, 2.45) is 5.92 Å². The van der Waals surface area contributed by atoms with Gasteiger partial charge in [-0.15, -0.1) is 0 Å². The van der Waals surface area contributed by atoms with Crippen LogP contribution in [0.3, 0.4) is 0 Å². The van der Waals surface area contributed by atoms with E-state index >= 15 is 0 Å². The van der Waals surface area contributed by atoms with Crippen molar-refractivity contribution in [2.45, 2.75) is 59.4 Å². The molecule has 22 heavy (non-hydrogen) atoms. The molecule has 0 radical (unpaired) electrons. The summed E-state index contributed by atoms with van der Waals surface area (Å²) in [5, 5.41) is 5.89. The van der Waals surface area contributed by atoms with Crippen LogP contribution in [0.5, 0.6) is 0 Å². The Morgan fingerprint density at radius 1 is 1.05 bits per heavy atom. The molecule has 0 heterocycles. The lowest BCUT2D eigenvalue weighted by Gasteiger charge is -2.24. The average molecular weight is 304 g/mol. The molecule has 2 N–H and O–H groups in total. The number of rotatable bonds is 7. The zero-order valence-electron chi connectivity index (χ0n) is 14.3. The number of hydrogen-bond acceptors (Lipinski definition) is 2. The maximum absolute atomic E-state index is 12.2. The molecule has 1 aromatic rings. The lowest BCUT2D eigenvalue weighted by molar-refractivity contribution is -0.120. The van der Waals surface area contributed by atoms with Crippen molar-refractivity contribution in [3.8, 4) is 0 Å². The number of anilines is 1. The zero-order chi connectivity index (χ0) is 16.8. The second-order valence-corrected chi connectivity index (χ2v) is 6.27. The largest absolute Gasteiger partial charge is 0.347 e. The lowest BCUT2D eigenvalue weighted by Crippen LogP contribution is -2.42. The van der Waals surface area contributed by atoms with Gasteiger partial charge in [-0.05, 0) is 57.4 Å². The van der Waals surface area contributed by atoms with Crippen LogP contribution in [0.15, 0.2) is 24.3 Å². The summed E-state index contributed by atoms with van der Waals surface area (Å²) in [6, 6.07) is 7.02. The van der Waals surface area contributed by atoms with Gasteiger partial charge in [0.05, 0.1) is 0 Å². The van der Waals surface area contributed by atoms with Crippen molar-refractivity contribution in [2.75, 3.05) is 5.32 Å². The molecule has 0 unspecified atom stereocenters. The van der Waals surface area contributed by atoms with Crippen molar-refractivity contribution in [1.82, 2.24) is 5.32 Å². The highest BCUT2D eigenvalue weighted by Crippen LogP contribution is 2.15. The predicted octanol–water partition coefficient (Wildman–Crippen LogP) is 3.98. The van der Waals surface area contributed by atoms with Crippen LogP contribution in [0.2, 0.25) is 0 Å². The monoisotopic (exact) mass is 304 g/mol. The van der Waals surface area contributed by atoms with E-state index in [2.05, 4.69) is 10.6 Å². The molecule has 4 heteroatoms. The molecule has 0 aromatic heterocycles. The number of benzene rings is 1. The summed E-state index contributed by atoms with van der Waals surface area (Å²) in [4.78, 5) is 24.2. The Bertz CT molecular complexity index is 502. The van der Waals surface area contributed by atoms with E-state index in [0.717, 1.165) is 24.9 Å². The smallest absolute Gasteiger partial charge is 0.251 e. The molecule has 1 aromatic carbocycles. The highest BCUT2D eigenvalue weighted by molar-refractivity contribution is 5.96. The molecule has 0 saturated heterocycles. The van der Waals surface area contributed by atoms with Gasteiger partial charge in [0, 0.05) is 22.7 Å². The van der Waals surface area contributed by atoms with E-state index in [9.17, 15) is 9.59 Å². The summed E-state index contributed by atoms with van der Waals surface area (Å²) in [6.07, 6.45) is 2.52. The van der Waals surface area contributed by atoms with Gasteiger partial charge in [-0.3, -0.25) is 9.59 Å². The lowest BCUT2D eigenvalue weighted by atomic mass is 10.0. The fraction of sp³-hybridized carbons (Fsp3) is 0.556. The molecule has 0 spiro atoms. The molecule has 0 saturated carbocycles. The Kier molecular flexibility index (Phi) is 6.60. The summed E-state index contributed by atoms with van der Waals surface area (Å²) >= 11 is 0. The maximum atomic E-state index is 12.2. The van der Waals surface area contributed by atoms with Gasteiger partial charge in [0.15, 0.2) is 0 Å². The summed E-state index contributed by atoms with van der Waals surface area (Å²) in [6.45, 7) is 10.0. The first kappa shape index (κ1) is 18.2. The molecule has 2 amide bonds. The van der Waals surface area contributed by atoms with Crippen LogP contribution in [0.4, 0.5) is 5.69 Å². The molecule has 4 nitrogen and oxygen atoms in total. The predicted molar refractivity (Wildman–Crippen MR) is 91.0 cm³/mol. The fourth-order valence-corrected chi connectivity index (χ4v) is 2.08. The minimum absolute atomic E-state index is 0.0355. The van der Waals surface area contributed by atoms with Gasteiger partial charge >= 0.3 is 0 Å². The molecule has 0 aliphatic rings. The number of hydrogen-bond donors (Lipinski definition) is 2. The normalized spacial score (nSPS) is 11.4. The van der Waals surface area contributed by atoms with Crippen LogP contribution < -0.4 is 10.6 Å². The third kappa shape index (κ3) is 5.17. The summed E-state index contributed by atoms with van der Waals surface area (Å²) in [5.74, 6) is -0.0210. The molecular formula is C18H28N2O2. The van der Waals surface area contributed by atoms with E-state index < -0.39 is 0 Å². The Labute approximate surface area is 133 Å². The van der Waals surface area contributed by atoms with Crippen LogP contribution >= 0.6 is 0 Å². The maximum Gasteiger partial charge on any atom is 0.251 e. The van der Waals surface area contributed by atoms with Crippen molar-refractivity contribution in [1.29, 1.82) is 0 Å². The highest BCUT2D eigenvalue weighted by Gasteiger charge is 2.19. The van der Waals surface area contributed by atoms with Gasteiger partial charge in [0.1, 0.15) is 0 Å². The fourth-order valence-electron chi connectivity index (χ4n) is 2.08. The second kappa shape index (κ2) is 7.97. The molecule has 1 rings (SSSR count). The molecule has 0 bridgehead atoms. The number of carbonyl (C=O) groups excluding carboxylic acids is 2. The summed E-state index contributed by atoms with van der Waals surface area (Å²) < 4.78 is 0. The molecular weight excluding hydrogens is 276 g/mol. The van der Waals surface area contributed by atoms with Crippen molar-refractivity contribution in [3.63, 3.8) is 0 Å². The minimum Gasteiger partial charge on any atom is -0.347 e. The molecule has 0 atom stereocenters. The minimum atomic E-state index is -0.223. The van der Waals surface area contributed by atoms with Gasteiger partial charge in [0.2, 0.25) is 5.91 Å². The van der Waals surface area contributed by atoms with Gasteiger partial charge < -0.3 is 10.6 Å². The van der Waals surface area contributed by atoms with Crippen molar-refractivity contribution in [3.05, 3.63) is 29.8 Å². The second-order valence-electron chi connectivity index (χ2n) is 6.27. The van der Waals surface area contributed by atoms with Crippen molar-refractivity contribution >= 4 is 17.5 Å².